The van der Waals surface area contributed by atoms with E-state index in [0.717, 1.165) is 12.1 Å². The van der Waals surface area contributed by atoms with E-state index < -0.39 is 11.7 Å². The van der Waals surface area contributed by atoms with E-state index in [1.54, 1.807) is 0 Å². The number of carbonyl (C=O) groups excluding carboxylic acids is 1. The molecule has 0 aliphatic carbocycles. The lowest BCUT2D eigenvalue weighted by Gasteiger charge is -2.08. The summed E-state index contributed by atoms with van der Waals surface area (Å²) in [5, 5.41) is 8.29. The summed E-state index contributed by atoms with van der Waals surface area (Å²) in [7, 11) is 0. The summed E-state index contributed by atoms with van der Waals surface area (Å²) in [4.78, 5) is 10.5. The third-order valence-corrected chi connectivity index (χ3v) is 1.96. The minimum Gasteiger partial charge on any atom is -0.298 e. The van der Waals surface area contributed by atoms with Gasteiger partial charge in [-0.1, -0.05) is 12.2 Å². The van der Waals surface area contributed by atoms with Crippen LogP contribution in [0, 0.1) is 11.3 Å². The van der Waals surface area contributed by atoms with E-state index in [1.807, 2.05) is 6.07 Å². The zero-order valence-electron chi connectivity index (χ0n) is 8.66. The smallest absolute Gasteiger partial charge is 0.298 e. The first-order valence-electron chi connectivity index (χ1n) is 4.68. The first-order chi connectivity index (χ1) is 7.97. The fourth-order valence-electron chi connectivity index (χ4n) is 1.25. The third-order valence-electron chi connectivity index (χ3n) is 1.96. The van der Waals surface area contributed by atoms with Gasteiger partial charge in [0.1, 0.15) is 6.29 Å². The molecular formula is C12H8F3NO. The maximum absolute atomic E-state index is 12.5. The van der Waals surface area contributed by atoms with Gasteiger partial charge in [-0.25, -0.2) is 0 Å². The second-order valence-electron chi connectivity index (χ2n) is 3.27. The van der Waals surface area contributed by atoms with Crippen LogP contribution in [0.2, 0.25) is 0 Å². The summed E-state index contributed by atoms with van der Waals surface area (Å²) in [6.45, 7) is 0. The van der Waals surface area contributed by atoms with Crippen molar-refractivity contribution < 1.29 is 18.0 Å². The van der Waals surface area contributed by atoms with Crippen LogP contribution in [0.25, 0.3) is 6.08 Å². The predicted octanol–water partition coefficient (Wildman–Crippen LogP) is 3.44. The summed E-state index contributed by atoms with van der Waals surface area (Å²) in [5.74, 6) is 0. The van der Waals surface area contributed by atoms with Crippen molar-refractivity contribution >= 4 is 12.4 Å². The van der Waals surface area contributed by atoms with Gasteiger partial charge < -0.3 is 0 Å². The van der Waals surface area contributed by atoms with E-state index >= 15 is 0 Å². The van der Waals surface area contributed by atoms with Crippen molar-refractivity contribution in [1.82, 2.24) is 0 Å². The molecule has 0 aliphatic rings. The van der Waals surface area contributed by atoms with E-state index in [0.29, 0.717) is 6.29 Å². The molecule has 0 spiro atoms. The van der Waals surface area contributed by atoms with Gasteiger partial charge in [0.2, 0.25) is 0 Å². The molecule has 1 aromatic rings. The zero-order chi connectivity index (χ0) is 12.9. The molecular weight excluding hydrogens is 231 g/mol. The highest BCUT2D eigenvalue weighted by Gasteiger charge is 2.30. The SMILES string of the molecule is N#CCC=Cc1cc(C=O)cc(C(F)(F)F)c1. The molecule has 2 nitrogen and oxygen atoms in total. The summed E-state index contributed by atoms with van der Waals surface area (Å²) in [6, 6.07) is 4.88. The highest BCUT2D eigenvalue weighted by atomic mass is 19.4. The molecule has 0 unspecified atom stereocenters. The van der Waals surface area contributed by atoms with Crippen LogP contribution < -0.4 is 0 Å². The predicted molar refractivity (Wildman–Crippen MR) is 56.1 cm³/mol. The molecule has 0 saturated heterocycles. The standard InChI is InChI=1S/C12H8F3NO/c13-12(14,15)11-6-9(3-1-2-4-16)5-10(7-11)8-17/h1,3,5-8H,2H2. The van der Waals surface area contributed by atoms with Gasteiger partial charge in [0.05, 0.1) is 18.1 Å². The molecule has 0 bridgehead atoms. The second-order valence-corrected chi connectivity index (χ2v) is 3.27. The van der Waals surface area contributed by atoms with Crippen LogP contribution in [-0.4, -0.2) is 6.29 Å². The number of alkyl halides is 3. The number of benzene rings is 1. The molecule has 0 radical (unpaired) electrons. The maximum Gasteiger partial charge on any atom is 0.416 e. The molecule has 0 heterocycles. The number of nitriles is 1. The fourth-order valence-corrected chi connectivity index (χ4v) is 1.25. The van der Waals surface area contributed by atoms with Crippen LogP contribution in [0.4, 0.5) is 13.2 Å². The van der Waals surface area contributed by atoms with Crippen molar-refractivity contribution in [3.63, 3.8) is 0 Å². The third kappa shape index (κ3) is 3.76. The fraction of sp³-hybridized carbons (Fsp3) is 0.167. The average Bonchev–Trinajstić information content (AvgIpc) is 2.28. The molecule has 0 atom stereocenters. The van der Waals surface area contributed by atoms with Gasteiger partial charge in [0, 0.05) is 5.56 Å². The van der Waals surface area contributed by atoms with E-state index in [1.165, 1.54) is 18.2 Å². The van der Waals surface area contributed by atoms with Crippen molar-refractivity contribution in [2.75, 3.05) is 0 Å². The molecule has 17 heavy (non-hydrogen) atoms. The number of hydrogen-bond donors (Lipinski definition) is 0. The van der Waals surface area contributed by atoms with Crippen molar-refractivity contribution in [2.24, 2.45) is 0 Å². The minimum absolute atomic E-state index is 0.0450. The molecule has 1 aromatic carbocycles. The Morgan fingerprint density at radius 2 is 1.88 bits per heavy atom. The van der Waals surface area contributed by atoms with Crippen molar-refractivity contribution in [3.8, 4) is 6.07 Å². The van der Waals surface area contributed by atoms with E-state index in [2.05, 4.69) is 0 Å². The molecule has 88 valence electrons. The zero-order valence-corrected chi connectivity index (χ0v) is 8.66. The molecule has 1 rings (SSSR count). The quantitative estimate of drug-likeness (QED) is 0.758. The Morgan fingerprint density at radius 3 is 2.41 bits per heavy atom. The van der Waals surface area contributed by atoms with Crippen molar-refractivity contribution in [2.45, 2.75) is 12.6 Å². The minimum atomic E-state index is -4.49. The maximum atomic E-state index is 12.5. The molecule has 5 heteroatoms. The van der Waals surface area contributed by atoms with Crippen LogP contribution in [0.5, 0.6) is 0 Å². The van der Waals surface area contributed by atoms with Gasteiger partial charge in [-0.2, -0.15) is 18.4 Å². The van der Waals surface area contributed by atoms with Gasteiger partial charge in [-0.05, 0) is 23.8 Å². The Kier molecular flexibility index (Phi) is 4.05. The number of halogens is 3. The lowest BCUT2D eigenvalue weighted by Crippen LogP contribution is -2.06. The number of nitrogens with zero attached hydrogens (tertiary/aromatic N) is 1. The molecule has 0 saturated carbocycles. The summed E-state index contributed by atoms with van der Waals surface area (Å²) < 4.78 is 37.4. The van der Waals surface area contributed by atoms with E-state index in [-0.39, 0.29) is 17.5 Å². The molecule has 0 aromatic heterocycles. The van der Waals surface area contributed by atoms with Gasteiger partial charge >= 0.3 is 6.18 Å². The molecule has 0 aliphatic heterocycles. The Balaban J connectivity index is 3.15. The Labute approximate surface area is 96.0 Å². The van der Waals surface area contributed by atoms with Gasteiger partial charge in [-0.3, -0.25) is 4.79 Å². The Bertz CT molecular complexity index is 484. The molecule has 0 amide bonds. The van der Waals surface area contributed by atoms with Crippen LogP contribution in [0.3, 0.4) is 0 Å². The van der Waals surface area contributed by atoms with Crippen LogP contribution >= 0.6 is 0 Å². The van der Waals surface area contributed by atoms with Crippen LogP contribution in [0.15, 0.2) is 24.3 Å². The van der Waals surface area contributed by atoms with Gasteiger partial charge in [-0.15, -0.1) is 0 Å². The second kappa shape index (κ2) is 5.30. The van der Waals surface area contributed by atoms with Crippen molar-refractivity contribution in [1.29, 1.82) is 5.26 Å². The average molecular weight is 239 g/mol. The van der Waals surface area contributed by atoms with Crippen LogP contribution in [-0.2, 0) is 6.18 Å². The lowest BCUT2D eigenvalue weighted by atomic mass is 10.1. The highest BCUT2D eigenvalue weighted by Crippen LogP contribution is 2.30. The number of allylic oxidation sites excluding steroid dienone is 1. The van der Waals surface area contributed by atoms with Crippen LogP contribution in [0.1, 0.15) is 27.9 Å². The molecule has 0 fully saturated rings. The lowest BCUT2D eigenvalue weighted by molar-refractivity contribution is -0.137. The summed E-state index contributed by atoms with van der Waals surface area (Å²) >= 11 is 0. The number of aldehydes is 1. The Morgan fingerprint density at radius 1 is 1.24 bits per heavy atom. The Hall–Kier alpha value is -2.09. The van der Waals surface area contributed by atoms with Crippen molar-refractivity contribution in [3.05, 3.63) is 41.0 Å². The number of carbonyl (C=O) groups is 1. The number of hydrogen-bond acceptors (Lipinski definition) is 2. The summed E-state index contributed by atoms with van der Waals surface area (Å²) in [6.07, 6.45) is -1.21. The normalized spacial score (nSPS) is 11.4. The summed E-state index contributed by atoms with van der Waals surface area (Å²) in [5.41, 5.74) is -0.674. The van der Waals surface area contributed by atoms with Gasteiger partial charge in [0.25, 0.3) is 0 Å². The highest BCUT2D eigenvalue weighted by molar-refractivity contribution is 5.77. The molecule has 0 N–H and O–H groups in total. The largest absolute Gasteiger partial charge is 0.416 e. The first-order valence-corrected chi connectivity index (χ1v) is 4.68. The van der Waals surface area contributed by atoms with Gasteiger partial charge in [0.15, 0.2) is 0 Å². The topological polar surface area (TPSA) is 40.9 Å². The van der Waals surface area contributed by atoms with E-state index in [9.17, 15) is 18.0 Å². The first kappa shape index (κ1) is 13.0. The van der Waals surface area contributed by atoms with E-state index in [4.69, 9.17) is 5.26 Å². The monoisotopic (exact) mass is 239 g/mol. The number of rotatable bonds is 3.